The van der Waals surface area contributed by atoms with Crippen LogP contribution in [0.25, 0.3) is 5.57 Å². The second-order valence-corrected chi connectivity index (χ2v) is 11.8. The lowest BCUT2D eigenvalue weighted by Gasteiger charge is -2.37. The third-order valence-electron chi connectivity index (χ3n) is 8.87. The minimum Gasteiger partial charge on any atom is -0.378 e. The van der Waals surface area contributed by atoms with E-state index < -0.39 is 5.54 Å². The molecule has 0 bridgehead atoms. The lowest BCUT2D eigenvalue weighted by atomic mass is 9.82. The Morgan fingerprint density at radius 1 is 0.884 bits per heavy atom. The summed E-state index contributed by atoms with van der Waals surface area (Å²) in [6, 6.07) is 22.9. The van der Waals surface area contributed by atoms with Crippen LogP contribution in [0.1, 0.15) is 46.3 Å². The molecule has 43 heavy (non-hydrogen) atoms. The zero-order valence-corrected chi connectivity index (χ0v) is 24.8. The molecule has 3 aromatic carbocycles. The SMILES string of the molecule is O=NC1(c2ccc(Cl)cc2)CCN(CCC=C2c3ccccc3C(=O)N(CC(=O)N3CCOCC3)c3ccccc32)CC1. The van der Waals surface area contributed by atoms with E-state index in [2.05, 4.69) is 16.2 Å². The van der Waals surface area contributed by atoms with Crippen molar-refractivity contribution in [2.75, 3.05) is 57.4 Å². The third-order valence-corrected chi connectivity index (χ3v) is 9.12. The summed E-state index contributed by atoms with van der Waals surface area (Å²) in [4.78, 5) is 45.0. The number of para-hydroxylation sites is 1. The molecule has 6 rings (SSSR count). The van der Waals surface area contributed by atoms with Crippen molar-refractivity contribution in [2.24, 2.45) is 5.18 Å². The zero-order valence-electron chi connectivity index (χ0n) is 24.1. The summed E-state index contributed by atoms with van der Waals surface area (Å²) in [5.74, 6) is -0.259. The molecule has 0 radical (unpaired) electrons. The van der Waals surface area contributed by atoms with E-state index >= 15 is 0 Å². The van der Waals surface area contributed by atoms with Crippen LogP contribution in [0.15, 0.2) is 84.0 Å². The molecule has 0 aromatic heterocycles. The Labute approximate surface area is 256 Å². The topological polar surface area (TPSA) is 82.5 Å². The molecule has 8 nitrogen and oxygen atoms in total. The van der Waals surface area contributed by atoms with Crippen molar-refractivity contribution in [3.05, 3.63) is 111 Å². The monoisotopic (exact) mass is 598 g/mol. The number of rotatable bonds is 7. The number of carbonyl (C=O) groups excluding carboxylic acids is 2. The number of benzene rings is 3. The average molecular weight is 599 g/mol. The third kappa shape index (κ3) is 6.00. The second-order valence-electron chi connectivity index (χ2n) is 11.3. The Morgan fingerprint density at radius 3 is 2.23 bits per heavy atom. The molecule has 2 amide bonds. The van der Waals surface area contributed by atoms with Gasteiger partial charge in [0.1, 0.15) is 12.1 Å². The van der Waals surface area contributed by atoms with Crippen molar-refractivity contribution in [3.8, 4) is 0 Å². The van der Waals surface area contributed by atoms with Crippen LogP contribution in [0.2, 0.25) is 5.02 Å². The molecule has 0 atom stereocenters. The summed E-state index contributed by atoms with van der Waals surface area (Å²) >= 11 is 6.06. The highest BCUT2D eigenvalue weighted by atomic mass is 35.5. The molecule has 222 valence electrons. The summed E-state index contributed by atoms with van der Waals surface area (Å²) in [6.45, 7) is 4.41. The summed E-state index contributed by atoms with van der Waals surface area (Å²) in [5, 5.41) is 4.23. The van der Waals surface area contributed by atoms with Gasteiger partial charge >= 0.3 is 0 Å². The van der Waals surface area contributed by atoms with E-state index in [1.165, 1.54) is 0 Å². The fraction of sp³-hybridized carbons (Fsp3) is 0.353. The first-order chi connectivity index (χ1) is 21.0. The van der Waals surface area contributed by atoms with Crippen LogP contribution < -0.4 is 4.90 Å². The van der Waals surface area contributed by atoms with E-state index in [9.17, 15) is 14.5 Å². The predicted octanol–water partition coefficient (Wildman–Crippen LogP) is 5.74. The summed E-state index contributed by atoms with van der Waals surface area (Å²) < 4.78 is 5.41. The number of piperidine rings is 1. The fourth-order valence-corrected chi connectivity index (χ4v) is 6.52. The molecule has 3 heterocycles. The number of ether oxygens (including phenoxy) is 1. The van der Waals surface area contributed by atoms with Crippen LogP contribution in [0.4, 0.5) is 5.69 Å². The van der Waals surface area contributed by atoms with Gasteiger partial charge in [-0.05, 0) is 60.2 Å². The van der Waals surface area contributed by atoms with Crippen LogP contribution in [-0.4, -0.2) is 74.1 Å². The van der Waals surface area contributed by atoms with Gasteiger partial charge in [0, 0.05) is 48.9 Å². The quantitative estimate of drug-likeness (QED) is 0.324. The Balaban J connectivity index is 1.22. The predicted molar refractivity (Wildman–Crippen MR) is 168 cm³/mol. The van der Waals surface area contributed by atoms with Crippen molar-refractivity contribution in [1.82, 2.24) is 9.80 Å². The maximum Gasteiger partial charge on any atom is 0.259 e. The van der Waals surface area contributed by atoms with Gasteiger partial charge in [0.25, 0.3) is 5.91 Å². The Kier molecular flexibility index (Phi) is 8.70. The smallest absolute Gasteiger partial charge is 0.259 e. The molecule has 2 saturated heterocycles. The van der Waals surface area contributed by atoms with E-state index in [0.29, 0.717) is 49.7 Å². The number of hydrogen-bond acceptors (Lipinski definition) is 6. The van der Waals surface area contributed by atoms with Gasteiger partial charge in [-0.1, -0.05) is 71.4 Å². The highest BCUT2D eigenvalue weighted by molar-refractivity contribution is 6.30. The Bertz CT molecular complexity index is 1530. The van der Waals surface area contributed by atoms with Gasteiger partial charge < -0.3 is 14.5 Å². The van der Waals surface area contributed by atoms with E-state index in [-0.39, 0.29) is 18.4 Å². The molecular weight excluding hydrogens is 564 g/mol. The summed E-state index contributed by atoms with van der Waals surface area (Å²) in [7, 11) is 0. The minimum absolute atomic E-state index is 0.0224. The van der Waals surface area contributed by atoms with Gasteiger partial charge in [0.05, 0.1) is 18.9 Å². The number of nitrogens with zero attached hydrogens (tertiary/aromatic N) is 4. The second kappa shape index (κ2) is 12.8. The first-order valence-electron chi connectivity index (χ1n) is 14.9. The zero-order chi connectivity index (χ0) is 29.8. The molecule has 3 aliphatic heterocycles. The molecule has 2 fully saturated rings. The van der Waals surface area contributed by atoms with Crippen molar-refractivity contribution in [1.29, 1.82) is 0 Å². The van der Waals surface area contributed by atoms with Gasteiger partial charge in [-0.25, -0.2) is 0 Å². The van der Waals surface area contributed by atoms with Crippen LogP contribution in [0.3, 0.4) is 0 Å². The maximum atomic E-state index is 14.0. The minimum atomic E-state index is -0.721. The number of anilines is 1. The molecule has 0 unspecified atom stereocenters. The molecule has 9 heteroatoms. The van der Waals surface area contributed by atoms with E-state index in [1.807, 2.05) is 72.8 Å². The van der Waals surface area contributed by atoms with Crippen LogP contribution >= 0.6 is 11.6 Å². The standard InChI is InChI=1S/C34H35ClN4O4/c35-26-13-11-25(12-14-26)34(36-42)15-18-37(19-16-34)17-5-9-27-28-6-1-2-8-30(28)33(41)39(31-10-4-3-7-29(27)31)24-32(40)38-20-22-43-23-21-38/h1-4,6-14H,5,15-24H2. The van der Waals surface area contributed by atoms with Crippen LogP contribution in [-0.2, 0) is 15.1 Å². The van der Waals surface area contributed by atoms with Gasteiger partial charge in [0.15, 0.2) is 0 Å². The summed E-state index contributed by atoms with van der Waals surface area (Å²) in [5.41, 5.74) is 4.31. The Morgan fingerprint density at radius 2 is 1.53 bits per heavy atom. The van der Waals surface area contributed by atoms with Gasteiger partial charge in [0.2, 0.25) is 5.91 Å². The number of morpholine rings is 1. The van der Waals surface area contributed by atoms with Crippen LogP contribution in [0.5, 0.6) is 0 Å². The van der Waals surface area contributed by atoms with Gasteiger partial charge in [-0.15, -0.1) is 4.91 Å². The highest BCUT2D eigenvalue weighted by Gasteiger charge is 2.38. The lowest BCUT2D eigenvalue weighted by molar-refractivity contribution is -0.133. The van der Waals surface area contributed by atoms with E-state index in [0.717, 1.165) is 54.0 Å². The van der Waals surface area contributed by atoms with E-state index in [4.69, 9.17) is 16.3 Å². The number of halogens is 1. The lowest BCUT2D eigenvalue weighted by Crippen LogP contribution is -2.47. The van der Waals surface area contributed by atoms with Crippen molar-refractivity contribution >= 4 is 34.7 Å². The molecule has 0 spiro atoms. The van der Waals surface area contributed by atoms with Gasteiger partial charge in [-0.3, -0.25) is 14.5 Å². The summed E-state index contributed by atoms with van der Waals surface area (Å²) in [6.07, 6.45) is 4.28. The largest absolute Gasteiger partial charge is 0.378 e. The van der Waals surface area contributed by atoms with Crippen molar-refractivity contribution < 1.29 is 14.3 Å². The first-order valence-corrected chi connectivity index (χ1v) is 15.3. The molecular formula is C34H35ClN4O4. The molecule has 0 saturated carbocycles. The Hall–Kier alpha value is -3.85. The first kappa shape index (κ1) is 29.2. The van der Waals surface area contributed by atoms with Crippen molar-refractivity contribution in [3.63, 3.8) is 0 Å². The van der Waals surface area contributed by atoms with E-state index in [1.54, 1.807) is 9.80 Å². The normalized spacial score (nSPS) is 19.5. The fourth-order valence-electron chi connectivity index (χ4n) is 6.40. The number of nitroso groups, excluding NO2 is 1. The number of amides is 2. The number of likely N-dealkylation sites (tertiary alicyclic amines) is 1. The number of carbonyl (C=O) groups is 2. The maximum absolute atomic E-state index is 14.0. The van der Waals surface area contributed by atoms with Gasteiger partial charge in [-0.2, -0.15) is 0 Å². The molecule has 3 aromatic rings. The molecule has 0 aliphatic carbocycles. The number of fused-ring (bicyclic) bond motifs is 2. The van der Waals surface area contributed by atoms with Crippen LogP contribution in [0, 0.1) is 4.91 Å². The molecule has 3 aliphatic rings. The molecule has 0 N–H and O–H groups in total. The number of hydrogen-bond donors (Lipinski definition) is 0. The highest BCUT2D eigenvalue weighted by Crippen LogP contribution is 2.39. The van der Waals surface area contributed by atoms with Crippen molar-refractivity contribution in [2.45, 2.75) is 24.8 Å². The average Bonchev–Trinajstić information content (AvgIpc) is 3.15.